The molecule has 132 valence electrons. The van der Waals surface area contributed by atoms with Gasteiger partial charge in [0.05, 0.1) is 17.7 Å². The van der Waals surface area contributed by atoms with Crippen LogP contribution in [-0.2, 0) is 13.2 Å². The van der Waals surface area contributed by atoms with Gasteiger partial charge in [-0.15, -0.1) is 0 Å². The Morgan fingerprint density at radius 1 is 1.21 bits per heavy atom. The van der Waals surface area contributed by atoms with Crippen LogP contribution in [0.5, 0.6) is 11.5 Å². The molecule has 4 nitrogen and oxygen atoms in total. The van der Waals surface area contributed by atoms with E-state index in [1.807, 2.05) is 24.3 Å². The van der Waals surface area contributed by atoms with Crippen molar-refractivity contribution in [1.29, 1.82) is 0 Å². The van der Waals surface area contributed by atoms with E-state index < -0.39 is 0 Å². The molecule has 0 atom stereocenters. The predicted molar refractivity (Wildman–Crippen MR) is 92.0 cm³/mol. The van der Waals surface area contributed by atoms with Crippen LogP contribution in [0.15, 0.2) is 36.7 Å². The van der Waals surface area contributed by atoms with Crippen molar-refractivity contribution in [2.75, 3.05) is 7.11 Å². The van der Waals surface area contributed by atoms with Gasteiger partial charge in [0.1, 0.15) is 13.2 Å². The van der Waals surface area contributed by atoms with Crippen LogP contribution < -0.4 is 27.2 Å². The molecule has 2 rings (SSSR count). The molecule has 0 aliphatic rings. The molecule has 0 unspecified atom stereocenters. The number of hydrogen-bond donors (Lipinski definition) is 1. The summed E-state index contributed by atoms with van der Waals surface area (Å²) in [5.41, 5.74) is 2.25. The summed E-state index contributed by atoms with van der Waals surface area (Å²) in [5, 5.41) is 2.82. The van der Waals surface area contributed by atoms with Gasteiger partial charge in [-0.3, -0.25) is 4.98 Å². The molecule has 2 N–H and O–H groups in total. The maximum Gasteiger partial charge on any atom is 0.180 e. The number of methoxy groups -OCH3 is 1. The van der Waals surface area contributed by atoms with E-state index in [-0.39, 0.29) is 17.9 Å². The van der Waals surface area contributed by atoms with Crippen LogP contribution in [0, 0.1) is 0 Å². The summed E-state index contributed by atoms with van der Waals surface area (Å²) < 4.78 is 11.3. The minimum atomic E-state index is 0. The quantitative estimate of drug-likeness (QED) is 0.789. The molecular formula is C18H24Cl2N2O2. The number of quaternary nitrogens is 1. The Bertz CT molecular complexity index is 643. The van der Waals surface area contributed by atoms with Crippen LogP contribution in [0.25, 0.3) is 0 Å². The highest BCUT2D eigenvalue weighted by Crippen LogP contribution is 2.36. The second-order valence-corrected chi connectivity index (χ2v) is 6.94. The van der Waals surface area contributed by atoms with E-state index in [0.29, 0.717) is 23.1 Å². The fourth-order valence-electron chi connectivity index (χ4n) is 2.09. The van der Waals surface area contributed by atoms with Gasteiger partial charge in [-0.05, 0) is 39.0 Å². The summed E-state index contributed by atoms with van der Waals surface area (Å²) >= 11 is 6.40. The zero-order valence-electron chi connectivity index (χ0n) is 14.5. The van der Waals surface area contributed by atoms with Crippen LogP contribution >= 0.6 is 11.6 Å². The third kappa shape index (κ3) is 6.19. The molecule has 24 heavy (non-hydrogen) atoms. The number of benzene rings is 1. The zero-order chi connectivity index (χ0) is 16.9. The van der Waals surface area contributed by atoms with Gasteiger partial charge in [0.15, 0.2) is 11.5 Å². The molecule has 0 fully saturated rings. The highest BCUT2D eigenvalue weighted by molar-refractivity contribution is 6.32. The lowest BCUT2D eigenvalue weighted by Gasteiger charge is -2.18. The number of ether oxygens (including phenoxy) is 2. The lowest BCUT2D eigenvalue weighted by Crippen LogP contribution is -3.00. The third-order valence-electron chi connectivity index (χ3n) is 3.35. The molecule has 1 heterocycles. The van der Waals surface area contributed by atoms with Gasteiger partial charge in [-0.2, -0.15) is 0 Å². The summed E-state index contributed by atoms with van der Waals surface area (Å²) in [6.45, 7) is 7.77. The van der Waals surface area contributed by atoms with Gasteiger partial charge in [-0.1, -0.05) is 17.7 Å². The Morgan fingerprint density at radius 3 is 2.54 bits per heavy atom. The summed E-state index contributed by atoms with van der Waals surface area (Å²) in [6.07, 6.45) is 3.50. The van der Waals surface area contributed by atoms with Crippen molar-refractivity contribution in [1.82, 2.24) is 4.98 Å². The predicted octanol–water partition coefficient (Wildman–Crippen LogP) is 0.189. The number of halogens is 2. The largest absolute Gasteiger partial charge is 1.00 e. The minimum Gasteiger partial charge on any atom is -1.00 e. The van der Waals surface area contributed by atoms with Gasteiger partial charge in [-0.25, -0.2) is 0 Å². The minimum absolute atomic E-state index is 0. The summed E-state index contributed by atoms with van der Waals surface area (Å²) in [7, 11) is 1.62. The normalized spacial score (nSPS) is 10.9. The zero-order valence-corrected chi connectivity index (χ0v) is 16.0. The summed E-state index contributed by atoms with van der Waals surface area (Å²) in [5.74, 6) is 1.22. The van der Waals surface area contributed by atoms with E-state index in [9.17, 15) is 0 Å². The second kappa shape index (κ2) is 9.11. The van der Waals surface area contributed by atoms with Crippen LogP contribution in [0.4, 0.5) is 0 Å². The van der Waals surface area contributed by atoms with E-state index in [2.05, 4.69) is 31.1 Å². The maximum absolute atomic E-state index is 6.40. The number of aromatic nitrogens is 1. The Morgan fingerprint density at radius 2 is 1.96 bits per heavy atom. The lowest BCUT2D eigenvalue weighted by atomic mass is 10.1. The Balaban J connectivity index is 0.00000288. The first-order chi connectivity index (χ1) is 10.9. The summed E-state index contributed by atoms with van der Waals surface area (Å²) in [6, 6.07) is 7.75. The molecule has 0 saturated heterocycles. The van der Waals surface area contributed by atoms with E-state index in [4.69, 9.17) is 21.1 Å². The number of nitrogens with two attached hydrogens (primary N) is 1. The maximum atomic E-state index is 6.40. The van der Waals surface area contributed by atoms with E-state index in [1.165, 1.54) is 0 Å². The van der Waals surface area contributed by atoms with Crippen molar-refractivity contribution in [2.24, 2.45) is 0 Å². The van der Waals surface area contributed by atoms with Crippen molar-refractivity contribution in [2.45, 2.75) is 39.5 Å². The molecular weight excluding hydrogens is 347 g/mol. The van der Waals surface area contributed by atoms with Gasteiger partial charge in [0.25, 0.3) is 0 Å². The first kappa shape index (κ1) is 20.6. The first-order valence-electron chi connectivity index (χ1n) is 7.61. The van der Waals surface area contributed by atoms with Gasteiger partial charge < -0.3 is 27.2 Å². The molecule has 0 aliphatic carbocycles. The lowest BCUT2D eigenvalue weighted by molar-refractivity contribution is -0.731. The molecule has 0 radical (unpaired) electrons. The van der Waals surface area contributed by atoms with E-state index >= 15 is 0 Å². The molecule has 0 aliphatic heterocycles. The molecule has 1 aromatic heterocycles. The van der Waals surface area contributed by atoms with Crippen molar-refractivity contribution >= 4 is 11.6 Å². The molecule has 0 amide bonds. The summed E-state index contributed by atoms with van der Waals surface area (Å²) in [4.78, 5) is 4.08. The van der Waals surface area contributed by atoms with E-state index in [0.717, 1.165) is 17.7 Å². The molecule has 6 heteroatoms. The first-order valence-corrected chi connectivity index (χ1v) is 7.99. The fraction of sp³-hybridized carbons (Fsp3) is 0.389. The van der Waals surface area contributed by atoms with Gasteiger partial charge in [0, 0.05) is 23.5 Å². The smallest absolute Gasteiger partial charge is 0.180 e. The highest BCUT2D eigenvalue weighted by Gasteiger charge is 2.16. The van der Waals surface area contributed by atoms with E-state index in [1.54, 1.807) is 19.5 Å². The number of hydrogen-bond acceptors (Lipinski definition) is 3. The standard InChI is InChI=1S/C18H23ClN2O2.ClH/c1-18(2,3)21-11-14-8-15(19)17(16(9-14)22-4)23-12-13-6-5-7-20-10-13;/h5-10,21H,11-12H2,1-4H3;1H. The monoisotopic (exact) mass is 370 g/mol. The highest BCUT2D eigenvalue weighted by atomic mass is 35.5. The fourth-order valence-corrected chi connectivity index (χ4v) is 2.38. The third-order valence-corrected chi connectivity index (χ3v) is 3.63. The van der Waals surface area contributed by atoms with Crippen molar-refractivity contribution in [3.63, 3.8) is 0 Å². The molecule has 0 bridgehead atoms. The Hall–Kier alpha value is -1.49. The van der Waals surface area contributed by atoms with Crippen molar-refractivity contribution < 1.29 is 27.2 Å². The Labute approximate surface area is 154 Å². The molecule has 0 spiro atoms. The second-order valence-electron chi connectivity index (χ2n) is 6.53. The number of rotatable bonds is 6. The van der Waals surface area contributed by atoms with Crippen LogP contribution in [0.2, 0.25) is 5.02 Å². The average molecular weight is 371 g/mol. The molecule has 2 aromatic rings. The van der Waals surface area contributed by atoms with Gasteiger partial charge in [0.2, 0.25) is 0 Å². The number of pyridine rings is 1. The Kier molecular flexibility index (Phi) is 7.80. The number of nitrogens with zero attached hydrogens (tertiary/aromatic N) is 1. The van der Waals surface area contributed by atoms with Crippen LogP contribution in [0.3, 0.4) is 0 Å². The topological polar surface area (TPSA) is 48.0 Å². The SMILES string of the molecule is COc1cc(C[NH2+]C(C)(C)C)cc(Cl)c1OCc1cccnc1.[Cl-]. The van der Waals surface area contributed by atoms with Crippen molar-refractivity contribution in [3.05, 3.63) is 52.8 Å². The average Bonchev–Trinajstić information content (AvgIpc) is 2.51. The van der Waals surface area contributed by atoms with Crippen LogP contribution in [0.1, 0.15) is 31.9 Å². The molecule has 1 aromatic carbocycles. The van der Waals surface area contributed by atoms with Crippen molar-refractivity contribution in [3.8, 4) is 11.5 Å². The van der Waals surface area contributed by atoms with Crippen LogP contribution in [-0.4, -0.2) is 17.6 Å². The van der Waals surface area contributed by atoms with Gasteiger partial charge >= 0.3 is 0 Å². The molecule has 0 saturated carbocycles.